The monoisotopic (exact) mass is 272 g/mol. The third kappa shape index (κ3) is 3.25. The fourth-order valence-corrected chi connectivity index (χ4v) is 1.58. The first kappa shape index (κ1) is 12.0. The van der Waals surface area contributed by atoms with E-state index in [-0.39, 0.29) is 28.9 Å². The molecule has 4 nitrogen and oxygen atoms in total. The van der Waals surface area contributed by atoms with Gasteiger partial charge in [-0.2, -0.15) is 15.0 Å². The lowest BCUT2D eigenvalue weighted by Gasteiger charge is -2.05. The molecule has 1 aromatic carbocycles. The zero-order chi connectivity index (χ0) is 12.3. The first-order chi connectivity index (χ1) is 8.15. The SMILES string of the molecule is Fc1ccccc1CNc1nc(Cl)nc(Cl)n1. The van der Waals surface area contributed by atoms with Gasteiger partial charge in [-0.25, -0.2) is 4.39 Å². The molecule has 0 radical (unpaired) electrons. The number of rotatable bonds is 3. The summed E-state index contributed by atoms with van der Waals surface area (Å²) in [7, 11) is 0. The molecule has 0 unspecified atom stereocenters. The van der Waals surface area contributed by atoms with Crippen molar-refractivity contribution < 1.29 is 4.39 Å². The molecule has 0 aliphatic heterocycles. The highest BCUT2D eigenvalue weighted by Crippen LogP contribution is 2.12. The molecule has 88 valence electrons. The smallest absolute Gasteiger partial charge is 0.228 e. The molecule has 1 heterocycles. The minimum atomic E-state index is -0.300. The molecular weight excluding hydrogens is 266 g/mol. The van der Waals surface area contributed by atoms with Crippen LogP contribution in [0.15, 0.2) is 24.3 Å². The molecule has 2 rings (SSSR count). The summed E-state index contributed by atoms with van der Waals surface area (Å²) in [6.45, 7) is 0.239. The van der Waals surface area contributed by atoms with Gasteiger partial charge in [-0.05, 0) is 29.3 Å². The Bertz CT molecular complexity index is 515. The second-order valence-electron chi connectivity index (χ2n) is 3.14. The second kappa shape index (κ2) is 5.25. The molecule has 1 N–H and O–H groups in total. The highest BCUT2D eigenvalue weighted by molar-refractivity contribution is 6.31. The highest BCUT2D eigenvalue weighted by Gasteiger charge is 2.04. The molecule has 0 saturated heterocycles. The maximum atomic E-state index is 13.3. The van der Waals surface area contributed by atoms with Gasteiger partial charge in [0, 0.05) is 12.1 Å². The van der Waals surface area contributed by atoms with Crippen molar-refractivity contribution in [3.05, 3.63) is 46.2 Å². The standard InChI is InChI=1S/C10H7Cl2FN4/c11-8-15-9(12)17-10(16-8)14-5-6-3-1-2-4-7(6)13/h1-4H,5H2,(H,14,15,16,17). The van der Waals surface area contributed by atoms with Crippen molar-refractivity contribution in [1.82, 2.24) is 15.0 Å². The number of nitrogens with one attached hydrogen (secondary N) is 1. The van der Waals surface area contributed by atoms with Gasteiger partial charge in [0.2, 0.25) is 16.5 Å². The number of halogens is 3. The largest absolute Gasteiger partial charge is 0.350 e. The van der Waals surface area contributed by atoms with E-state index >= 15 is 0 Å². The molecule has 0 saturated carbocycles. The van der Waals surface area contributed by atoms with Crippen molar-refractivity contribution in [1.29, 1.82) is 0 Å². The maximum Gasteiger partial charge on any atom is 0.228 e. The Hall–Kier alpha value is -1.46. The third-order valence-electron chi connectivity index (χ3n) is 1.98. The molecule has 0 fully saturated rings. The maximum absolute atomic E-state index is 13.3. The summed E-state index contributed by atoms with van der Waals surface area (Å²) in [4.78, 5) is 11.2. The summed E-state index contributed by atoms with van der Waals surface area (Å²) in [6.07, 6.45) is 0. The Balaban J connectivity index is 2.10. The first-order valence-electron chi connectivity index (χ1n) is 4.69. The quantitative estimate of drug-likeness (QED) is 0.934. The normalized spacial score (nSPS) is 10.3. The van der Waals surface area contributed by atoms with E-state index in [4.69, 9.17) is 23.2 Å². The average molecular weight is 273 g/mol. The van der Waals surface area contributed by atoms with Gasteiger partial charge < -0.3 is 5.32 Å². The minimum absolute atomic E-state index is 0.0129. The lowest BCUT2D eigenvalue weighted by Crippen LogP contribution is -2.06. The van der Waals surface area contributed by atoms with Crippen molar-refractivity contribution in [2.75, 3.05) is 5.32 Å². The van der Waals surface area contributed by atoms with E-state index in [1.807, 2.05) is 0 Å². The van der Waals surface area contributed by atoms with Crippen LogP contribution < -0.4 is 5.32 Å². The van der Waals surface area contributed by atoms with Crippen LogP contribution in [-0.4, -0.2) is 15.0 Å². The Kier molecular flexibility index (Phi) is 3.71. The Morgan fingerprint density at radius 2 is 1.71 bits per heavy atom. The molecule has 1 aromatic heterocycles. The molecule has 17 heavy (non-hydrogen) atoms. The summed E-state index contributed by atoms with van der Waals surface area (Å²) >= 11 is 11.2. The van der Waals surface area contributed by atoms with Gasteiger partial charge in [-0.3, -0.25) is 0 Å². The summed E-state index contributed by atoms with van der Waals surface area (Å²) in [5, 5.41) is 2.79. The van der Waals surface area contributed by atoms with Crippen LogP contribution in [0.1, 0.15) is 5.56 Å². The van der Waals surface area contributed by atoms with Crippen LogP contribution in [-0.2, 0) is 6.54 Å². The molecule has 0 aliphatic carbocycles. The van der Waals surface area contributed by atoms with E-state index in [2.05, 4.69) is 20.3 Å². The fraction of sp³-hybridized carbons (Fsp3) is 0.100. The number of benzene rings is 1. The van der Waals surface area contributed by atoms with Crippen LogP contribution in [0.5, 0.6) is 0 Å². The lowest BCUT2D eigenvalue weighted by molar-refractivity contribution is 0.612. The van der Waals surface area contributed by atoms with E-state index in [0.29, 0.717) is 5.56 Å². The summed E-state index contributed by atoms with van der Waals surface area (Å²) in [5.41, 5.74) is 0.500. The second-order valence-corrected chi connectivity index (χ2v) is 3.82. The van der Waals surface area contributed by atoms with E-state index in [1.54, 1.807) is 18.2 Å². The van der Waals surface area contributed by atoms with Crippen molar-refractivity contribution >= 4 is 29.2 Å². The molecule has 0 atom stereocenters. The zero-order valence-corrected chi connectivity index (χ0v) is 10.0. The van der Waals surface area contributed by atoms with E-state index in [9.17, 15) is 4.39 Å². The predicted octanol–water partition coefficient (Wildman–Crippen LogP) is 2.93. The number of hydrogen-bond donors (Lipinski definition) is 1. The molecule has 0 spiro atoms. The van der Waals surface area contributed by atoms with Crippen LogP contribution in [0.3, 0.4) is 0 Å². The van der Waals surface area contributed by atoms with Gasteiger partial charge in [0.1, 0.15) is 5.82 Å². The molecule has 0 bridgehead atoms. The summed E-state index contributed by atoms with van der Waals surface area (Å²) < 4.78 is 13.3. The Morgan fingerprint density at radius 3 is 2.35 bits per heavy atom. The first-order valence-corrected chi connectivity index (χ1v) is 5.45. The van der Waals surface area contributed by atoms with Crippen LogP contribution in [0.25, 0.3) is 0 Å². The van der Waals surface area contributed by atoms with E-state index < -0.39 is 0 Å². The van der Waals surface area contributed by atoms with Crippen molar-refractivity contribution in [2.24, 2.45) is 0 Å². The molecule has 0 amide bonds. The highest BCUT2D eigenvalue weighted by atomic mass is 35.5. The van der Waals surface area contributed by atoms with Crippen molar-refractivity contribution in [3.63, 3.8) is 0 Å². The average Bonchev–Trinajstić information content (AvgIpc) is 2.27. The van der Waals surface area contributed by atoms with Gasteiger partial charge in [0.15, 0.2) is 0 Å². The molecular formula is C10H7Cl2FN4. The van der Waals surface area contributed by atoms with Crippen molar-refractivity contribution in [3.8, 4) is 0 Å². The van der Waals surface area contributed by atoms with Crippen molar-refractivity contribution in [2.45, 2.75) is 6.54 Å². The topological polar surface area (TPSA) is 50.7 Å². The zero-order valence-electron chi connectivity index (χ0n) is 8.49. The number of aromatic nitrogens is 3. The number of nitrogens with zero attached hydrogens (tertiary/aromatic N) is 3. The van der Waals surface area contributed by atoms with E-state index in [1.165, 1.54) is 6.07 Å². The molecule has 0 aliphatic rings. The van der Waals surface area contributed by atoms with Gasteiger partial charge in [-0.1, -0.05) is 18.2 Å². The van der Waals surface area contributed by atoms with Gasteiger partial charge in [0.05, 0.1) is 0 Å². The van der Waals surface area contributed by atoms with Crippen LogP contribution in [0, 0.1) is 5.82 Å². The summed E-state index contributed by atoms with van der Waals surface area (Å²) in [6, 6.07) is 6.40. The Labute approximate surface area is 107 Å². The molecule has 2 aromatic rings. The minimum Gasteiger partial charge on any atom is -0.350 e. The lowest BCUT2D eigenvalue weighted by atomic mass is 10.2. The van der Waals surface area contributed by atoms with Crippen LogP contribution in [0.2, 0.25) is 10.6 Å². The number of anilines is 1. The van der Waals surface area contributed by atoms with E-state index in [0.717, 1.165) is 0 Å². The van der Waals surface area contributed by atoms with Crippen LogP contribution in [0.4, 0.5) is 10.3 Å². The fourth-order valence-electron chi connectivity index (χ4n) is 1.22. The van der Waals surface area contributed by atoms with Gasteiger partial charge >= 0.3 is 0 Å². The van der Waals surface area contributed by atoms with Gasteiger partial charge in [0.25, 0.3) is 0 Å². The molecule has 7 heteroatoms. The summed E-state index contributed by atoms with van der Waals surface area (Å²) in [5.74, 6) is -0.0931. The predicted molar refractivity (Wildman–Crippen MR) is 63.6 cm³/mol. The van der Waals surface area contributed by atoms with Gasteiger partial charge in [-0.15, -0.1) is 0 Å². The third-order valence-corrected chi connectivity index (χ3v) is 2.31. The number of hydrogen-bond acceptors (Lipinski definition) is 4. The van der Waals surface area contributed by atoms with Crippen LogP contribution >= 0.6 is 23.2 Å². The Morgan fingerprint density at radius 1 is 1.06 bits per heavy atom.